The molecule has 4 rings (SSSR count). The Morgan fingerprint density at radius 1 is 1.00 bits per heavy atom. The zero-order valence-electron chi connectivity index (χ0n) is 20.0. The van der Waals surface area contributed by atoms with Gasteiger partial charge in [-0.3, -0.25) is 18.0 Å². The summed E-state index contributed by atoms with van der Waals surface area (Å²) in [5.74, 6) is -1.31. The molecule has 4 aliphatic rings. The number of hydrogen-bond donors (Lipinski definition) is 0. The van der Waals surface area contributed by atoms with Gasteiger partial charge in [-0.25, -0.2) is 0 Å². The molecule has 190 valence electrons. The van der Waals surface area contributed by atoms with E-state index in [0.29, 0.717) is 24.8 Å². The average molecular weight is 517 g/mol. The standard InChI is InChI=1S/C23H32O9S2/c1-13(24)30-18-7-6-15-19-16(9-11-23(15,18)3)22(2)10-8-14(25)12-17(22)20(31-33(4,26)27)21(19)32-34(5,28)29/h8,10,12,15-16,18-21H,6-7,9,11H2,1-5H3/t15-,16-,18-,19-,20-,21+,22+,23-/m0/s1. The van der Waals surface area contributed by atoms with Crippen molar-refractivity contribution in [3.63, 3.8) is 0 Å². The van der Waals surface area contributed by atoms with Crippen LogP contribution < -0.4 is 0 Å². The molecule has 0 aromatic rings. The predicted octanol–water partition coefficient (Wildman–Crippen LogP) is 2.14. The van der Waals surface area contributed by atoms with Gasteiger partial charge < -0.3 is 4.74 Å². The highest BCUT2D eigenvalue weighted by molar-refractivity contribution is 7.86. The summed E-state index contributed by atoms with van der Waals surface area (Å²) < 4.78 is 66.1. The Morgan fingerprint density at radius 2 is 1.65 bits per heavy atom. The number of carbonyl (C=O) groups is 2. The van der Waals surface area contributed by atoms with Crippen molar-refractivity contribution in [3.8, 4) is 0 Å². The van der Waals surface area contributed by atoms with Crippen molar-refractivity contribution in [1.82, 2.24) is 0 Å². The zero-order chi connectivity index (χ0) is 25.3. The maximum absolute atomic E-state index is 12.4. The molecule has 0 N–H and O–H groups in total. The van der Waals surface area contributed by atoms with Crippen LogP contribution in [0, 0.1) is 28.6 Å². The Balaban J connectivity index is 1.88. The van der Waals surface area contributed by atoms with E-state index in [-0.39, 0.29) is 29.7 Å². The molecule has 0 radical (unpaired) electrons. The van der Waals surface area contributed by atoms with Gasteiger partial charge in [-0.1, -0.05) is 19.9 Å². The van der Waals surface area contributed by atoms with Crippen molar-refractivity contribution in [2.45, 2.75) is 64.8 Å². The molecule has 0 saturated heterocycles. The number of ketones is 1. The smallest absolute Gasteiger partial charge is 0.302 e. The Hall–Kier alpha value is -1.56. The predicted molar refractivity (Wildman–Crippen MR) is 122 cm³/mol. The molecule has 0 aliphatic heterocycles. The van der Waals surface area contributed by atoms with E-state index in [9.17, 15) is 26.4 Å². The van der Waals surface area contributed by atoms with Gasteiger partial charge >= 0.3 is 5.97 Å². The van der Waals surface area contributed by atoms with Crippen LogP contribution in [0.4, 0.5) is 0 Å². The molecular formula is C23H32O9S2. The molecule has 11 heteroatoms. The molecule has 0 heterocycles. The largest absolute Gasteiger partial charge is 0.462 e. The fourth-order valence-electron chi connectivity index (χ4n) is 7.12. The molecule has 34 heavy (non-hydrogen) atoms. The van der Waals surface area contributed by atoms with Crippen LogP contribution in [0.25, 0.3) is 0 Å². The van der Waals surface area contributed by atoms with Crippen molar-refractivity contribution in [2.24, 2.45) is 28.6 Å². The summed E-state index contributed by atoms with van der Waals surface area (Å²) in [6.45, 7) is 5.36. The molecule has 0 amide bonds. The molecule has 0 bridgehead atoms. The quantitative estimate of drug-likeness (QED) is 0.398. The lowest BCUT2D eigenvalue weighted by molar-refractivity contribution is -0.162. The number of hydrogen-bond acceptors (Lipinski definition) is 9. The van der Waals surface area contributed by atoms with Gasteiger partial charge in [0.2, 0.25) is 0 Å². The highest BCUT2D eigenvalue weighted by atomic mass is 32.2. The highest BCUT2D eigenvalue weighted by Gasteiger charge is 2.65. The molecular weight excluding hydrogens is 484 g/mol. The minimum absolute atomic E-state index is 0.0996. The van der Waals surface area contributed by atoms with Crippen LogP contribution in [-0.2, 0) is 42.9 Å². The van der Waals surface area contributed by atoms with Crippen LogP contribution in [0.15, 0.2) is 23.8 Å². The van der Waals surface area contributed by atoms with E-state index in [4.69, 9.17) is 13.1 Å². The first-order chi connectivity index (χ1) is 15.6. The van der Waals surface area contributed by atoms with Crippen molar-refractivity contribution < 1.29 is 39.5 Å². The van der Waals surface area contributed by atoms with Gasteiger partial charge in [0.15, 0.2) is 5.78 Å². The first kappa shape index (κ1) is 25.5. The van der Waals surface area contributed by atoms with Crippen LogP contribution in [0.3, 0.4) is 0 Å². The van der Waals surface area contributed by atoms with Gasteiger partial charge in [0.25, 0.3) is 20.2 Å². The molecule has 0 aromatic heterocycles. The van der Waals surface area contributed by atoms with E-state index in [0.717, 1.165) is 18.9 Å². The molecule has 4 aliphatic carbocycles. The molecule has 0 spiro atoms. The summed E-state index contributed by atoms with van der Waals surface area (Å²) in [6, 6.07) is 0. The van der Waals surface area contributed by atoms with E-state index < -0.39 is 49.2 Å². The third kappa shape index (κ3) is 4.40. The summed E-state index contributed by atoms with van der Waals surface area (Å²) in [7, 11) is -8.03. The second-order valence-electron chi connectivity index (χ2n) is 10.6. The van der Waals surface area contributed by atoms with Gasteiger partial charge in [0.1, 0.15) is 18.3 Å². The second-order valence-corrected chi connectivity index (χ2v) is 13.8. The first-order valence-electron chi connectivity index (χ1n) is 11.4. The van der Waals surface area contributed by atoms with Crippen LogP contribution in [0.1, 0.15) is 46.5 Å². The first-order valence-corrected chi connectivity index (χ1v) is 15.1. The third-order valence-electron chi connectivity index (χ3n) is 8.39. The van der Waals surface area contributed by atoms with E-state index in [2.05, 4.69) is 0 Å². The third-order valence-corrected chi connectivity index (χ3v) is 9.52. The average Bonchev–Trinajstić information content (AvgIpc) is 2.99. The van der Waals surface area contributed by atoms with Crippen molar-refractivity contribution in [1.29, 1.82) is 0 Å². The number of allylic oxidation sites excluding steroid dienone is 3. The van der Waals surface area contributed by atoms with Gasteiger partial charge in [-0.05, 0) is 61.2 Å². The van der Waals surface area contributed by atoms with Crippen LogP contribution in [0.5, 0.6) is 0 Å². The minimum atomic E-state index is -4.03. The number of esters is 1. The second kappa shape index (κ2) is 8.25. The highest BCUT2D eigenvalue weighted by Crippen LogP contribution is 2.65. The van der Waals surface area contributed by atoms with Gasteiger partial charge in [-0.15, -0.1) is 0 Å². The molecule has 0 aromatic carbocycles. The van der Waals surface area contributed by atoms with Gasteiger partial charge in [-0.2, -0.15) is 16.8 Å². The summed E-state index contributed by atoms with van der Waals surface area (Å²) in [5, 5.41) is 0. The molecule has 0 unspecified atom stereocenters. The maximum atomic E-state index is 12.4. The molecule has 8 atom stereocenters. The normalized spacial score (nSPS) is 41.8. The Bertz CT molecular complexity index is 1170. The number of ether oxygens (including phenoxy) is 1. The molecule has 3 fully saturated rings. The molecule has 3 saturated carbocycles. The fourth-order valence-corrected chi connectivity index (χ4v) is 8.35. The topological polar surface area (TPSA) is 130 Å². The molecule has 9 nitrogen and oxygen atoms in total. The minimum Gasteiger partial charge on any atom is -0.462 e. The number of rotatable bonds is 5. The number of fused-ring (bicyclic) bond motifs is 5. The Morgan fingerprint density at radius 3 is 2.24 bits per heavy atom. The van der Waals surface area contributed by atoms with Crippen LogP contribution in [-0.4, -0.2) is 59.4 Å². The van der Waals surface area contributed by atoms with E-state index in [1.807, 2.05) is 13.8 Å². The summed E-state index contributed by atoms with van der Waals surface area (Å²) in [5.41, 5.74) is -0.724. The van der Waals surface area contributed by atoms with Crippen molar-refractivity contribution in [3.05, 3.63) is 23.8 Å². The lowest BCUT2D eigenvalue weighted by Crippen LogP contribution is -2.61. The van der Waals surface area contributed by atoms with E-state index in [1.54, 1.807) is 6.08 Å². The Kier molecular flexibility index (Phi) is 6.19. The fraction of sp³-hybridized carbons (Fsp3) is 0.739. The SMILES string of the molecule is CC(=O)O[C@H]1CC[C@H]2[C@@H]3[C@@H](OS(C)(=O)=O)[C@@H](OS(C)(=O)=O)C4=CC(=O)C=C[C@]4(C)[C@H]3CC[C@]12C. The lowest BCUT2D eigenvalue weighted by Gasteiger charge is -2.60. The van der Waals surface area contributed by atoms with Gasteiger partial charge in [0, 0.05) is 17.8 Å². The maximum Gasteiger partial charge on any atom is 0.302 e. The van der Waals surface area contributed by atoms with Crippen molar-refractivity contribution >= 4 is 32.0 Å². The summed E-state index contributed by atoms with van der Waals surface area (Å²) in [6.07, 6.45) is 6.39. The monoisotopic (exact) mass is 516 g/mol. The zero-order valence-corrected chi connectivity index (χ0v) is 21.6. The summed E-state index contributed by atoms with van der Waals surface area (Å²) >= 11 is 0. The van der Waals surface area contributed by atoms with Crippen LogP contribution in [0.2, 0.25) is 0 Å². The van der Waals surface area contributed by atoms with Gasteiger partial charge in [0.05, 0.1) is 12.5 Å². The summed E-state index contributed by atoms with van der Waals surface area (Å²) in [4.78, 5) is 24.1. The van der Waals surface area contributed by atoms with E-state index in [1.165, 1.54) is 19.1 Å². The number of carbonyl (C=O) groups excluding carboxylic acids is 2. The van der Waals surface area contributed by atoms with E-state index >= 15 is 0 Å². The van der Waals surface area contributed by atoms with Crippen LogP contribution >= 0.6 is 0 Å². The Labute approximate surface area is 201 Å². The van der Waals surface area contributed by atoms with Crippen molar-refractivity contribution in [2.75, 3.05) is 12.5 Å². The lowest BCUT2D eigenvalue weighted by atomic mass is 9.47.